The molecule has 1 heterocycles. The molecule has 1 saturated heterocycles. The fourth-order valence-electron chi connectivity index (χ4n) is 3.06. The summed E-state index contributed by atoms with van der Waals surface area (Å²) in [5.41, 5.74) is 0.991. The molecule has 4 atom stereocenters. The number of piperidine rings is 1. The van der Waals surface area contributed by atoms with Crippen LogP contribution in [0.2, 0.25) is 0 Å². The van der Waals surface area contributed by atoms with E-state index >= 15 is 0 Å². The number of aliphatic hydroxyl groups excluding tert-OH is 2. The zero-order valence-corrected chi connectivity index (χ0v) is 12.3. The molecule has 1 aliphatic rings. The Morgan fingerprint density at radius 2 is 1.75 bits per heavy atom. The van der Waals surface area contributed by atoms with Crippen LogP contribution >= 0.6 is 0 Å². The number of hydrogen-bond donors (Lipinski definition) is 3. The minimum absolute atomic E-state index is 0.203. The van der Waals surface area contributed by atoms with Gasteiger partial charge in [-0.15, -0.1) is 0 Å². The van der Waals surface area contributed by atoms with E-state index in [1.165, 1.54) is 6.42 Å². The molecule has 0 aromatic heterocycles. The van der Waals surface area contributed by atoms with E-state index in [-0.39, 0.29) is 6.10 Å². The van der Waals surface area contributed by atoms with Crippen molar-refractivity contribution < 1.29 is 10.2 Å². The lowest BCUT2D eigenvalue weighted by Gasteiger charge is -2.33. The van der Waals surface area contributed by atoms with Crippen molar-refractivity contribution in [2.24, 2.45) is 0 Å². The summed E-state index contributed by atoms with van der Waals surface area (Å²) in [4.78, 5) is 0. The van der Waals surface area contributed by atoms with Gasteiger partial charge < -0.3 is 15.5 Å². The van der Waals surface area contributed by atoms with E-state index in [0.717, 1.165) is 37.7 Å². The maximum Gasteiger partial charge on any atom is 0.0804 e. The maximum absolute atomic E-state index is 10.3. The maximum atomic E-state index is 10.3. The van der Waals surface area contributed by atoms with Crippen LogP contribution in [0.3, 0.4) is 0 Å². The largest absolute Gasteiger partial charge is 0.393 e. The smallest absolute Gasteiger partial charge is 0.0804 e. The van der Waals surface area contributed by atoms with E-state index in [9.17, 15) is 10.2 Å². The third-order valence-corrected chi connectivity index (χ3v) is 4.30. The predicted molar refractivity (Wildman–Crippen MR) is 81.5 cm³/mol. The number of rotatable bonds is 6. The van der Waals surface area contributed by atoms with Crippen molar-refractivity contribution in [2.75, 3.05) is 0 Å². The average Bonchev–Trinajstić information content (AvgIpc) is 2.48. The zero-order valence-electron chi connectivity index (χ0n) is 12.3. The third-order valence-electron chi connectivity index (χ3n) is 4.30. The van der Waals surface area contributed by atoms with Crippen LogP contribution in [0, 0.1) is 0 Å². The fourth-order valence-corrected chi connectivity index (χ4v) is 3.06. The fraction of sp³-hybridized carbons (Fsp3) is 0.647. The van der Waals surface area contributed by atoms with Crippen LogP contribution in [0.1, 0.15) is 57.1 Å². The van der Waals surface area contributed by atoms with Gasteiger partial charge in [0.15, 0.2) is 0 Å². The normalized spacial score (nSPS) is 26.1. The summed E-state index contributed by atoms with van der Waals surface area (Å²) < 4.78 is 0. The number of hydrogen-bond acceptors (Lipinski definition) is 3. The molecular weight excluding hydrogens is 250 g/mol. The van der Waals surface area contributed by atoms with Crippen LogP contribution in [-0.2, 0) is 0 Å². The molecule has 3 heteroatoms. The van der Waals surface area contributed by atoms with Crippen molar-refractivity contribution in [3.63, 3.8) is 0 Å². The van der Waals surface area contributed by atoms with Gasteiger partial charge in [-0.1, -0.05) is 43.7 Å². The molecule has 20 heavy (non-hydrogen) atoms. The van der Waals surface area contributed by atoms with Crippen LogP contribution in [0.4, 0.5) is 0 Å². The Morgan fingerprint density at radius 3 is 2.40 bits per heavy atom. The van der Waals surface area contributed by atoms with Crippen LogP contribution in [0.15, 0.2) is 30.3 Å². The van der Waals surface area contributed by atoms with E-state index in [4.69, 9.17) is 0 Å². The Kier molecular flexibility index (Phi) is 6.02. The average molecular weight is 277 g/mol. The van der Waals surface area contributed by atoms with E-state index in [2.05, 4.69) is 5.32 Å². The van der Waals surface area contributed by atoms with Gasteiger partial charge in [0.1, 0.15) is 0 Å². The Hall–Kier alpha value is -0.900. The van der Waals surface area contributed by atoms with E-state index in [1.807, 2.05) is 37.3 Å². The number of nitrogens with one attached hydrogen (secondary N) is 1. The molecule has 1 aromatic carbocycles. The van der Waals surface area contributed by atoms with Gasteiger partial charge in [0, 0.05) is 12.1 Å². The molecule has 0 radical (unpaired) electrons. The van der Waals surface area contributed by atoms with Gasteiger partial charge in [-0.05, 0) is 37.7 Å². The van der Waals surface area contributed by atoms with Crippen molar-refractivity contribution in [1.29, 1.82) is 0 Å². The second-order valence-corrected chi connectivity index (χ2v) is 5.95. The molecule has 3 N–H and O–H groups in total. The molecule has 0 amide bonds. The molecule has 3 nitrogen and oxygen atoms in total. The molecule has 0 aliphatic carbocycles. The van der Waals surface area contributed by atoms with Gasteiger partial charge in [-0.25, -0.2) is 0 Å². The summed E-state index contributed by atoms with van der Waals surface area (Å²) >= 11 is 0. The minimum Gasteiger partial charge on any atom is -0.393 e. The Balaban J connectivity index is 1.83. The van der Waals surface area contributed by atoms with Crippen molar-refractivity contribution in [1.82, 2.24) is 5.32 Å². The Labute approximate surface area is 122 Å². The number of benzene rings is 1. The number of aliphatic hydroxyl groups is 2. The predicted octanol–water partition coefficient (Wildman–Crippen LogP) is 2.78. The first kappa shape index (κ1) is 15.5. The quantitative estimate of drug-likeness (QED) is 0.749. The van der Waals surface area contributed by atoms with Crippen molar-refractivity contribution in [3.05, 3.63) is 35.9 Å². The minimum atomic E-state index is -0.399. The molecule has 0 saturated carbocycles. The second-order valence-electron chi connectivity index (χ2n) is 5.95. The molecule has 1 aliphatic heterocycles. The van der Waals surface area contributed by atoms with Gasteiger partial charge in [0.05, 0.1) is 12.2 Å². The van der Waals surface area contributed by atoms with Crippen molar-refractivity contribution in [2.45, 2.75) is 69.7 Å². The first-order chi connectivity index (χ1) is 9.69. The zero-order chi connectivity index (χ0) is 14.4. The summed E-state index contributed by atoms with van der Waals surface area (Å²) in [7, 11) is 0. The summed E-state index contributed by atoms with van der Waals surface area (Å²) in [6, 6.07) is 10.6. The van der Waals surface area contributed by atoms with E-state index in [1.54, 1.807) is 0 Å². The summed E-state index contributed by atoms with van der Waals surface area (Å²) in [6.07, 6.45) is 5.22. The Morgan fingerprint density at radius 1 is 1.10 bits per heavy atom. The van der Waals surface area contributed by atoms with Crippen molar-refractivity contribution >= 4 is 0 Å². The molecule has 2 rings (SSSR count). The summed E-state index contributed by atoms with van der Waals surface area (Å²) in [6.45, 7) is 2.02. The SMILES string of the molecule is CCC(O)CC1CCCC(CC(O)c2ccccc2)N1. The highest BCUT2D eigenvalue weighted by Crippen LogP contribution is 2.24. The van der Waals surface area contributed by atoms with E-state index in [0.29, 0.717) is 12.1 Å². The lowest BCUT2D eigenvalue weighted by molar-refractivity contribution is 0.113. The Bertz CT molecular complexity index is 382. The molecule has 0 bridgehead atoms. The van der Waals surface area contributed by atoms with Gasteiger partial charge in [-0.2, -0.15) is 0 Å². The second kappa shape index (κ2) is 7.77. The third kappa shape index (κ3) is 4.58. The molecule has 1 aromatic rings. The molecule has 0 spiro atoms. The molecule has 112 valence electrons. The summed E-state index contributed by atoms with van der Waals surface area (Å²) in [5, 5.41) is 23.7. The topological polar surface area (TPSA) is 52.5 Å². The monoisotopic (exact) mass is 277 g/mol. The van der Waals surface area contributed by atoms with Crippen molar-refractivity contribution in [3.8, 4) is 0 Å². The molecular formula is C17H27NO2. The molecule has 1 fully saturated rings. The van der Waals surface area contributed by atoms with Gasteiger partial charge in [0.25, 0.3) is 0 Å². The highest BCUT2D eigenvalue weighted by atomic mass is 16.3. The standard InChI is InChI=1S/C17H27NO2/c1-2-16(19)11-14-9-6-10-15(18-14)12-17(20)13-7-4-3-5-8-13/h3-5,7-8,14-20H,2,6,9-12H2,1H3. The first-order valence-corrected chi connectivity index (χ1v) is 7.86. The summed E-state index contributed by atoms with van der Waals surface area (Å²) in [5.74, 6) is 0. The van der Waals surface area contributed by atoms with Crippen LogP contribution in [-0.4, -0.2) is 28.4 Å². The van der Waals surface area contributed by atoms with Gasteiger partial charge in [-0.3, -0.25) is 0 Å². The molecule has 4 unspecified atom stereocenters. The van der Waals surface area contributed by atoms with E-state index < -0.39 is 6.10 Å². The first-order valence-electron chi connectivity index (χ1n) is 7.86. The van der Waals surface area contributed by atoms with Crippen LogP contribution in [0.5, 0.6) is 0 Å². The lowest BCUT2D eigenvalue weighted by atomic mass is 9.90. The van der Waals surface area contributed by atoms with Crippen LogP contribution < -0.4 is 5.32 Å². The van der Waals surface area contributed by atoms with Gasteiger partial charge >= 0.3 is 0 Å². The van der Waals surface area contributed by atoms with Gasteiger partial charge in [0.2, 0.25) is 0 Å². The highest BCUT2D eigenvalue weighted by molar-refractivity contribution is 5.17. The lowest BCUT2D eigenvalue weighted by Crippen LogP contribution is -2.44. The van der Waals surface area contributed by atoms with Crippen LogP contribution in [0.25, 0.3) is 0 Å². The highest BCUT2D eigenvalue weighted by Gasteiger charge is 2.24.